The van der Waals surface area contributed by atoms with E-state index < -0.39 is 23.6 Å². The summed E-state index contributed by atoms with van der Waals surface area (Å²) in [5.74, 6) is -1.22. The van der Waals surface area contributed by atoms with Gasteiger partial charge >= 0.3 is 12.1 Å². The molecule has 2 N–H and O–H groups in total. The van der Waals surface area contributed by atoms with Crippen LogP contribution in [0.5, 0.6) is 0 Å². The van der Waals surface area contributed by atoms with Crippen molar-refractivity contribution in [1.29, 1.82) is 0 Å². The minimum Gasteiger partial charge on any atom is -0.480 e. The van der Waals surface area contributed by atoms with Crippen LogP contribution in [0.15, 0.2) is 48.5 Å². The summed E-state index contributed by atoms with van der Waals surface area (Å²) in [6.07, 6.45) is 1.68. The van der Waals surface area contributed by atoms with Gasteiger partial charge in [-0.1, -0.05) is 48.5 Å². The lowest BCUT2D eigenvalue weighted by atomic mass is 9.97. The van der Waals surface area contributed by atoms with Gasteiger partial charge in [0.15, 0.2) is 0 Å². The summed E-state index contributed by atoms with van der Waals surface area (Å²) in [5.41, 5.74) is 3.95. The zero-order valence-corrected chi connectivity index (χ0v) is 19.9. The van der Waals surface area contributed by atoms with Crippen LogP contribution in [0.3, 0.4) is 0 Å². The monoisotopic (exact) mass is 464 g/mol. The number of fused-ring (bicyclic) bond motifs is 3. The molecule has 1 saturated carbocycles. The van der Waals surface area contributed by atoms with Gasteiger partial charge in [-0.05, 0) is 62.3 Å². The van der Waals surface area contributed by atoms with Gasteiger partial charge in [0.1, 0.15) is 12.6 Å². The van der Waals surface area contributed by atoms with E-state index >= 15 is 0 Å². The second kappa shape index (κ2) is 9.49. The molecule has 1 fully saturated rings. The molecule has 0 aliphatic heterocycles. The molecule has 0 heterocycles. The second-order valence-corrected chi connectivity index (χ2v) is 9.88. The molecule has 180 valence electrons. The number of amides is 2. The highest BCUT2D eigenvalue weighted by Crippen LogP contribution is 2.44. The van der Waals surface area contributed by atoms with E-state index in [1.807, 2.05) is 38.1 Å². The maximum atomic E-state index is 12.8. The van der Waals surface area contributed by atoms with Crippen molar-refractivity contribution in [2.45, 2.75) is 70.0 Å². The number of hydrogen-bond donors (Lipinski definition) is 2. The molecule has 1 atom stereocenters. The molecule has 34 heavy (non-hydrogen) atoms. The van der Waals surface area contributed by atoms with E-state index in [0.717, 1.165) is 24.0 Å². The summed E-state index contributed by atoms with van der Waals surface area (Å²) >= 11 is 0. The molecule has 2 aliphatic rings. The first kappa shape index (κ1) is 23.8. The van der Waals surface area contributed by atoms with Gasteiger partial charge in [-0.15, -0.1) is 0 Å². The number of alkyl carbamates (subject to hydrolysis) is 1. The van der Waals surface area contributed by atoms with Gasteiger partial charge in [-0.25, -0.2) is 9.59 Å². The van der Waals surface area contributed by atoms with E-state index in [-0.39, 0.29) is 30.9 Å². The smallest absolute Gasteiger partial charge is 0.407 e. The summed E-state index contributed by atoms with van der Waals surface area (Å²) in [6, 6.07) is 15.5. The Labute approximate surface area is 200 Å². The molecule has 0 spiro atoms. The zero-order chi connectivity index (χ0) is 24.5. The van der Waals surface area contributed by atoms with Gasteiger partial charge < -0.3 is 20.1 Å². The van der Waals surface area contributed by atoms with Gasteiger partial charge in [-0.3, -0.25) is 4.79 Å². The topological polar surface area (TPSA) is 95.9 Å². The summed E-state index contributed by atoms with van der Waals surface area (Å²) in [4.78, 5) is 38.3. The first-order valence-electron chi connectivity index (χ1n) is 11.8. The Kier molecular flexibility index (Phi) is 6.64. The first-order chi connectivity index (χ1) is 16.2. The summed E-state index contributed by atoms with van der Waals surface area (Å²) in [7, 11) is 0. The highest BCUT2D eigenvalue weighted by molar-refractivity contribution is 5.84. The number of rotatable bonds is 9. The molecule has 2 aromatic rings. The Bertz CT molecular complexity index is 1050. The minimum atomic E-state index is -1.00. The Hall–Kier alpha value is -3.35. The van der Waals surface area contributed by atoms with Gasteiger partial charge in [0.25, 0.3) is 0 Å². The fraction of sp³-hybridized carbons (Fsp3) is 0.444. The highest BCUT2D eigenvalue weighted by atomic mass is 16.5. The third kappa shape index (κ3) is 5.08. The highest BCUT2D eigenvalue weighted by Gasteiger charge is 2.38. The number of ether oxygens (including phenoxy) is 1. The quantitative estimate of drug-likeness (QED) is 0.568. The van der Waals surface area contributed by atoms with Crippen LogP contribution in [0.25, 0.3) is 11.1 Å². The SMILES string of the molecule is CC(C(=O)O)N(C(=O)CCC(C)(C)NC(=O)OCC1c2ccccc2-c2ccccc21)C1CC1. The first-order valence-corrected chi connectivity index (χ1v) is 11.8. The summed E-state index contributed by atoms with van der Waals surface area (Å²) in [6.45, 7) is 5.44. The molecule has 7 heteroatoms. The van der Waals surface area contributed by atoms with E-state index in [2.05, 4.69) is 29.6 Å². The predicted molar refractivity (Wildman–Crippen MR) is 128 cm³/mol. The van der Waals surface area contributed by atoms with E-state index in [4.69, 9.17) is 4.74 Å². The van der Waals surface area contributed by atoms with Crippen molar-refractivity contribution >= 4 is 18.0 Å². The number of carboxylic acid groups (broad SMARTS) is 1. The number of carbonyl (C=O) groups is 3. The molecular formula is C27H32N2O5. The molecule has 2 amide bonds. The van der Waals surface area contributed by atoms with Crippen molar-refractivity contribution in [3.8, 4) is 11.1 Å². The van der Waals surface area contributed by atoms with Crippen LogP contribution in [0, 0.1) is 0 Å². The van der Waals surface area contributed by atoms with Crippen LogP contribution in [-0.2, 0) is 14.3 Å². The van der Waals surface area contributed by atoms with Crippen LogP contribution in [0.2, 0.25) is 0 Å². The Balaban J connectivity index is 1.32. The van der Waals surface area contributed by atoms with Gasteiger partial charge in [0, 0.05) is 23.9 Å². The molecule has 2 aromatic carbocycles. The van der Waals surface area contributed by atoms with Gasteiger partial charge in [0.05, 0.1) is 0 Å². The molecule has 7 nitrogen and oxygen atoms in total. The molecule has 0 aromatic heterocycles. The van der Waals surface area contributed by atoms with Crippen LogP contribution in [0.4, 0.5) is 4.79 Å². The van der Waals surface area contributed by atoms with Crippen LogP contribution >= 0.6 is 0 Å². The summed E-state index contributed by atoms with van der Waals surface area (Å²) < 4.78 is 5.62. The predicted octanol–water partition coefficient (Wildman–Crippen LogP) is 4.55. The Morgan fingerprint density at radius 1 is 1.06 bits per heavy atom. The zero-order valence-electron chi connectivity index (χ0n) is 19.9. The number of hydrogen-bond acceptors (Lipinski definition) is 4. The number of carboxylic acids is 1. The molecule has 1 unspecified atom stereocenters. The largest absolute Gasteiger partial charge is 0.480 e. The van der Waals surface area contributed by atoms with Gasteiger partial charge in [-0.2, -0.15) is 0 Å². The van der Waals surface area contributed by atoms with E-state index in [0.29, 0.717) is 6.42 Å². The standard InChI is InChI=1S/C27H32N2O5/c1-17(25(31)32)29(18-12-13-18)24(30)14-15-27(2,3)28-26(33)34-16-23-21-10-6-4-8-19(21)20-9-5-7-11-22(20)23/h4-11,17-18,23H,12-16H2,1-3H3,(H,28,33)(H,31,32). The van der Waals surface area contributed by atoms with Crippen molar-refractivity contribution in [3.63, 3.8) is 0 Å². The van der Waals surface area contributed by atoms with Crippen molar-refractivity contribution in [3.05, 3.63) is 59.7 Å². The van der Waals surface area contributed by atoms with Crippen LogP contribution in [-0.4, -0.2) is 52.2 Å². The maximum Gasteiger partial charge on any atom is 0.407 e. The Morgan fingerprint density at radius 3 is 2.15 bits per heavy atom. The Morgan fingerprint density at radius 2 is 1.62 bits per heavy atom. The lowest BCUT2D eigenvalue weighted by Crippen LogP contribution is -2.47. The average molecular weight is 465 g/mol. The lowest BCUT2D eigenvalue weighted by Gasteiger charge is -2.30. The van der Waals surface area contributed by atoms with E-state index in [1.54, 1.807) is 6.92 Å². The van der Waals surface area contributed by atoms with Crippen LogP contribution in [0.1, 0.15) is 63.5 Å². The molecule has 0 saturated heterocycles. The maximum absolute atomic E-state index is 12.8. The molecule has 0 radical (unpaired) electrons. The normalized spacial score (nSPS) is 15.7. The molecule has 4 rings (SSSR count). The summed E-state index contributed by atoms with van der Waals surface area (Å²) in [5, 5.41) is 12.2. The fourth-order valence-corrected chi connectivity index (χ4v) is 4.73. The molecule has 2 aliphatic carbocycles. The number of carbonyl (C=O) groups excluding carboxylic acids is 2. The third-order valence-electron chi connectivity index (χ3n) is 6.75. The van der Waals surface area contributed by atoms with Crippen molar-refractivity contribution in [2.75, 3.05) is 6.61 Å². The third-order valence-corrected chi connectivity index (χ3v) is 6.75. The molecule has 0 bridgehead atoms. The van der Waals surface area contributed by atoms with Crippen molar-refractivity contribution in [2.24, 2.45) is 0 Å². The minimum absolute atomic E-state index is 0.0109. The van der Waals surface area contributed by atoms with E-state index in [9.17, 15) is 19.5 Å². The number of benzene rings is 2. The number of nitrogens with one attached hydrogen (secondary N) is 1. The lowest BCUT2D eigenvalue weighted by molar-refractivity contribution is -0.150. The van der Waals surface area contributed by atoms with Crippen molar-refractivity contribution < 1.29 is 24.2 Å². The van der Waals surface area contributed by atoms with E-state index in [1.165, 1.54) is 16.0 Å². The molecular weight excluding hydrogens is 432 g/mol. The fourth-order valence-electron chi connectivity index (χ4n) is 4.73. The number of nitrogens with zero attached hydrogens (tertiary/aromatic N) is 1. The van der Waals surface area contributed by atoms with Crippen LogP contribution < -0.4 is 5.32 Å². The average Bonchev–Trinajstić information content (AvgIpc) is 3.58. The van der Waals surface area contributed by atoms with Crippen molar-refractivity contribution in [1.82, 2.24) is 10.2 Å². The van der Waals surface area contributed by atoms with Gasteiger partial charge in [0.2, 0.25) is 5.91 Å². The second-order valence-electron chi connectivity index (χ2n) is 9.88. The number of aliphatic carboxylic acids is 1.